The van der Waals surface area contributed by atoms with Crippen molar-refractivity contribution in [3.05, 3.63) is 120 Å². The van der Waals surface area contributed by atoms with Crippen LogP contribution in [-0.2, 0) is 48.2 Å². The number of hydrogen-bond acceptors (Lipinski definition) is 6. The van der Waals surface area contributed by atoms with Gasteiger partial charge in [0.15, 0.2) is 6.29 Å². The third-order valence-corrected chi connectivity index (χ3v) is 6.42. The van der Waals surface area contributed by atoms with Gasteiger partial charge in [0, 0.05) is 5.57 Å². The van der Waals surface area contributed by atoms with Crippen molar-refractivity contribution in [2.24, 2.45) is 0 Å². The van der Waals surface area contributed by atoms with Crippen LogP contribution in [0.4, 0.5) is 0 Å². The second-order valence-electron chi connectivity index (χ2n) is 9.35. The lowest BCUT2D eigenvalue weighted by Gasteiger charge is -2.42. The summed E-state index contributed by atoms with van der Waals surface area (Å²) in [6, 6.07) is 30.2. The fourth-order valence-corrected chi connectivity index (χ4v) is 4.29. The van der Waals surface area contributed by atoms with Gasteiger partial charge in [-0.15, -0.1) is 0 Å². The summed E-state index contributed by atoms with van der Waals surface area (Å²) in [5, 5.41) is 0. The summed E-state index contributed by atoms with van der Waals surface area (Å²) in [5.41, 5.74) is 3.95. The van der Waals surface area contributed by atoms with Gasteiger partial charge in [-0.1, -0.05) is 97.6 Å². The fourth-order valence-electron chi connectivity index (χ4n) is 4.29. The van der Waals surface area contributed by atoms with Crippen LogP contribution in [0.25, 0.3) is 0 Å². The highest BCUT2D eigenvalue weighted by Gasteiger charge is 2.44. The zero-order valence-electron chi connectivity index (χ0n) is 20.9. The van der Waals surface area contributed by atoms with E-state index >= 15 is 0 Å². The molecule has 2 fully saturated rings. The lowest BCUT2D eigenvalue weighted by molar-refractivity contribution is -0.249. The molecule has 3 aromatic rings. The molecule has 0 aromatic heterocycles. The highest BCUT2D eigenvalue weighted by Crippen LogP contribution is 2.32. The molecule has 0 aliphatic carbocycles. The van der Waals surface area contributed by atoms with E-state index in [1.54, 1.807) is 0 Å². The minimum atomic E-state index is -0.633. The molecule has 5 atom stereocenters. The van der Waals surface area contributed by atoms with Crippen LogP contribution in [0.3, 0.4) is 0 Å². The molecule has 0 bridgehead atoms. The van der Waals surface area contributed by atoms with E-state index in [9.17, 15) is 0 Å². The van der Waals surface area contributed by atoms with Gasteiger partial charge in [0.05, 0.1) is 39.6 Å². The van der Waals surface area contributed by atoms with Crippen molar-refractivity contribution >= 4 is 0 Å². The zero-order valence-corrected chi connectivity index (χ0v) is 20.9. The molecule has 0 radical (unpaired) electrons. The molecule has 37 heavy (non-hydrogen) atoms. The first-order valence-electron chi connectivity index (χ1n) is 12.8. The molecule has 0 saturated carbocycles. The average molecular weight is 503 g/mol. The standard InChI is InChI=1S/C31H34O6/c1-23-29(34-18-25-13-7-3-8-14-25)30(35-19-26-15-9-4-10-16-26)28(37-31(23)36-21-27-20-33-27)22-32-17-24-11-5-2-6-12-24/h2-16,27-31H,1,17-22H2/t27?,28-,29-,30-,31+/m1/s1. The van der Waals surface area contributed by atoms with Crippen LogP contribution in [0, 0.1) is 0 Å². The Labute approximate surface area is 218 Å². The average Bonchev–Trinajstić information content (AvgIpc) is 3.78. The normalized spacial score (nSPS) is 25.2. The van der Waals surface area contributed by atoms with Crippen LogP contribution in [0.5, 0.6) is 0 Å². The summed E-state index contributed by atoms with van der Waals surface area (Å²) < 4.78 is 36.8. The van der Waals surface area contributed by atoms with Gasteiger partial charge in [-0.2, -0.15) is 0 Å². The Morgan fingerprint density at radius 3 is 1.78 bits per heavy atom. The number of epoxide rings is 1. The SMILES string of the molecule is C=C1[C@@H](OCC2CO2)O[C@H](COCc2ccccc2)[C@@H](OCc2ccccc2)[C@@H]1OCc1ccccc1. The van der Waals surface area contributed by atoms with Gasteiger partial charge in [-0.3, -0.25) is 0 Å². The summed E-state index contributed by atoms with van der Waals surface area (Å²) in [7, 11) is 0. The molecule has 2 aliphatic heterocycles. The van der Waals surface area contributed by atoms with Gasteiger partial charge in [0.1, 0.15) is 24.4 Å². The van der Waals surface area contributed by atoms with Crippen molar-refractivity contribution in [1.82, 2.24) is 0 Å². The number of rotatable bonds is 13. The summed E-state index contributed by atoms with van der Waals surface area (Å²) in [5.74, 6) is 0. The fraction of sp³-hybridized carbons (Fsp3) is 0.355. The molecule has 6 nitrogen and oxygen atoms in total. The summed E-state index contributed by atoms with van der Waals surface area (Å²) >= 11 is 0. The highest BCUT2D eigenvalue weighted by molar-refractivity contribution is 5.18. The van der Waals surface area contributed by atoms with Crippen molar-refractivity contribution in [3.8, 4) is 0 Å². The van der Waals surface area contributed by atoms with E-state index in [0.29, 0.717) is 45.2 Å². The largest absolute Gasteiger partial charge is 0.374 e. The Hall–Kier alpha value is -2.84. The van der Waals surface area contributed by atoms with Crippen molar-refractivity contribution in [2.45, 2.75) is 50.5 Å². The topological polar surface area (TPSA) is 58.7 Å². The molecule has 2 saturated heterocycles. The maximum Gasteiger partial charge on any atom is 0.182 e. The summed E-state index contributed by atoms with van der Waals surface area (Å²) in [4.78, 5) is 0. The predicted octanol–water partition coefficient (Wildman–Crippen LogP) is 5.07. The first-order chi connectivity index (χ1) is 18.3. The lowest BCUT2D eigenvalue weighted by atomic mass is 9.96. The maximum absolute atomic E-state index is 6.47. The van der Waals surface area contributed by atoms with Crippen LogP contribution in [0.1, 0.15) is 16.7 Å². The van der Waals surface area contributed by atoms with E-state index < -0.39 is 24.6 Å². The number of hydrogen-bond donors (Lipinski definition) is 0. The number of ether oxygens (including phenoxy) is 6. The zero-order chi connectivity index (χ0) is 25.3. The molecule has 2 heterocycles. The first kappa shape index (κ1) is 25.8. The Morgan fingerprint density at radius 1 is 0.676 bits per heavy atom. The van der Waals surface area contributed by atoms with E-state index in [-0.39, 0.29) is 6.10 Å². The molecule has 1 unspecified atom stereocenters. The molecule has 5 rings (SSSR count). The Kier molecular flexibility index (Phi) is 9.14. The highest BCUT2D eigenvalue weighted by atomic mass is 16.7. The molecule has 194 valence electrons. The van der Waals surface area contributed by atoms with E-state index in [1.165, 1.54) is 0 Å². The van der Waals surface area contributed by atoms with E-state index in [0.717, 1.165) is 16.7 Å². The van der Waals surface area contributed by atoms with Gasteiger partial charge < -0.3 is 28.4 Å². The van der Waals surface area contributed by atoms with Gasteiger partial charge in [-0.25, -0.2) is 0 Å². The molecule has 0 amide bonds. The maximum atomic E-state index is 6.47. The smallest absolute Gasteiger partial charge is 0.182 e. The van der Waals surface area contributed by atoms with Crippen LogP contribution < -0.4 is 0 Å². The summed E-state index contributed by atoms with van der Waals surface area (Å²) in [6.45, 7) is 7.12. The van der Waals surface area contributed by atoms with Crippen LogP contribution in [-0.4, -0.2) is 50.5 Å². The van der Waals surface area contributed by atoms with E-state index in [1.807, 2.05) is 91.0 Å². The van der Waals surface area contributed by atoms with Crippen molar-refractivity contribution < 1.29 is 28.4 Å². The Bertz CT molecular complexity index is 1090. The Balaban J connectivity index is 1.32. The van der Waals surface area contributed by atoms with Crippen LogP contribution >= 0.6 is 0 Å². The van der Waals surface area contributed by atoms with Gasteiger partial charge in [0.25, 0.3) is 0 Å². The third-order valence-electron chi connectivity index (χ3n) is 6.42. The predicted molar refractivity (Wildman–Crippen MR) is 140 cm³/mol. The second kappa shape index (κ2) is 13.1. The third kappa shape index (κ3) is 7.58. The quantitative estimate of drug-likeness (QED) is 0.240. The minimum Gasteiger partial charge on any atom is -0.374 e. The van der Waals surface area contributed by atoms with Crippen molar-refractivity contribution in [3.63, 3.8) is 0 Å². The molecule has 0 spiro atoms. The molecule has 0 N–H and O–H groups in total. The van der Waals surface area contributed by atoms with E-state index in [4.69, 9.17) is 28.4 Å². The summed E-state index contributed by atoms with van der Waals surface area (Å²) in [6.07, 6.45) is -1.80. The van der Waals surface area contributed by atoms with Gasteiger partial charge in [-0.05, 0) is 16.7 Å². The van der Waals surface area contributed by atoms with Crippen molar-refractivity contribution in [1.29, 1.82) is 0 Å². The van der Waals surface area contributed by atoms with Crippen molar-refractivity contribution in [2.75, 3.05) is 19.8 Å². The molecule has 2 aliphatic rings. The number of benzene rings is 3. The van der Waals surface area contributed by atoms with Crippen LogP contribution in [0.15, 0.2) is 103 Å². The lowest BCUT2D eigenvalue weighted by Crippen LogP contribution is -2.54. The van der Waals surface area contributed by atoms with E-state index in [2.05, 4.69) is 6.58 Å². The first-order valence-corrected chi connectivity index (χ1v) is 12.8. The molecular formula is C31H34O6. The molecular weight excluding hydrogens is 468 g/mol. The monoisotopic (exact) mass is 502 g/mol. The minimum absolute atomic E-state index is 0.111. The van der Waals surface area contributed by atoms with Gasteiger partial charge >= 0.3 is 0 Å². The Morgan fingerprint density at radius 2 is 1.22 bits per heavy atom. The molecule has 3 aromatic carbocycles. The second-order valence-corrected chi connectivity index (χ2v) is 9.35. The van der Waals surface area contributed by atoms with Crippen LogP contribution in [0.2, 0.25) is 0 Å². The molecule has 6 heteroatoms. The van der Waals surface area contributed by atoms with Gasteiger partial charge in [0.2, 0.25) is 0 Å².